The number of unbranched alkanes of at least 4 members (excludes halogenated alkanes) is 3. The number of aryl methyl sites for hydroxylation is 1. The first-order valence-corrected chi connectivity index (χ1v) is 8.88. The van der Waals surface area contributed by atoms with Crippen LogP contribution in [0.3, 0.4) is 0 Å². The van der Waals surface area contributed by atoms with Crippen LogP contribution in [0.2, 0.25) is 0 Å². The summed E-state index contributed by atoms with van der Waals surface area (Å²) in [7, 11) is 1.56. The van der Waals surface area contributed by atoms with Gasteiger partial charge >= 0.3 is 0 Å². The van der Waals surface area contributed by atoms with Crippen molar-refractivity contribution in [3.8, 4) is 11.5 Å². The molecule has 2 aromatic rings. The molecule has 0 bridgehead atoms. The Labute approximate surface area is 146 Å². The number of carbonyl (C=O) groups excluding carboxylic acids is 1. The molecule has 0 fully saturated rings. The number of rotatable bonds is 9. The van der Waals surface area contributed by atoms with Gasteiger partial charge in [-0.05, 0) is 31.5 Å². The van der Waals surface area contributed by atoms with E-state index in [9.17, 15) is 4.79 Å². The van der Waals surface area contributed by atoms with Gasteiger partial charge in [-0.25, -0.2) is 0 Å². The van der Waals surface area contributed by atoms with Crippen molar-refractivity contribution in [2.75, 3.05) is 19.0 Å². The van der Waals surface area contributed by atoms with Crippen LogP contribution in [0.4, 0.5) is 5.13 Å². The molecule has 0 aliphatic carbocycles. The molecule has 1 N–H and O–H groups in total. The Balaban J connectivity index is 1.98. The van der Waals surface area contributed by atoms with Crippen LogP contribution in [0.25, 0.3) is 0 Å². The lowest BCUT2D eigenvalue weighted by Gasteiger charge is -2.12. The highest BCUT2D eigenvalue weighted by atomic mass is 32.1. The van der Waals surface area contributed by atoms with Crippen molar-refractivity contribution in [2.45, 2.75) is 39.5 Å². The predicted octanol–water partition coefficient (Wildman–Crippen LogP) is 4.07. The Morgan fingerprint density at radius 3 is 2.71 bits per heavy atom. The van der Waals surface area contributed by atoms with E-state index in [-0.39, 0.29) is 5.91 Å². The van der Waals surface area contributed by atoms with Gasteiger partial charge in [-0.15, -0.1) is 10.2 Å². The van der Waals surface area contributed by atoms with E-state index in [4.69, 9.17) is 9.47 Å². The minimum Gasteiger partial charge on any atom is -0.493 e. The monoisotopic (exact) mass is 349 g/mol. The smallest absolute Gasteiger partial charge is 0.257 e. The van der Waals surface area contributed by atoms with E-state index < -0.39 is 0 Å². The van der Waals surface area contributed by atoms with Gasteiger partial charge in [0.25, 0.3) is 5.91 Å². The molecule has 1 aromatic heterocycles. The summed E-state index contributed by atoms with van der Waals surface area (Å²) in [5.74, 6) is 0.947. The fourth-order valence-corrected chi connectivity index (χ4v) is 2.74. The quantitative estimate of drug-likeness (QED) is 0.691. The molecule has 0 aliphatic rings. The summed E-state index contributed by atoms with van der Waals surface area (Å²) in [5.41, 5.74) is 0.484. The first kappa shape index (κ1) is 18.2. The molecule has 0 atom stereocenters. The maximum atomic E-state index is 12.3. The van der Waals surface area contributed by atoms with Gasteiger partial charge in [0.05, 0.1) is 13.7 Å². The van der Waals surface area contributed by atoms with Gasteiger partial charge in [0.1, 0.15) is 5.01 Å². The number of ether oxygens (including phenoxy) is 2. The third kappa shape index (κ3) is 5.19. The minimum atomic E-state index is -0.251. The molecule has 6 nitrogen and oxygen atoms in total. The Morgan fingerprint density at radius 2 is 2.04 bits per heavy atom. The van der Waals surface area contributed by atoms with Crippen LogP contribution in [0.15, 0.2) is 18.2 Å². The summed E-state index contributed by atoms with van der Waals surface area (Å²) >= 11 is 1.33. The van der Waals surface area contributed by atoms with E-state index in [1.165, 1.54) is 24.2 Å². The molecular weight excluding hydrogens is 326 g/mol. The Hall–Kier alpha value is -2.15. The topological polar surface area (TPSA) is 73.3 Å². The molecule has 130 valence electrons. The van der Waals surface area contributed by atoms with E-state index >= 15 is 0 Å². The maximum absolute atomic E-state index is 12.3. The van der Waals surface area contributed by atoms with Crippen LogP contribution in [-0.2, 0) is 0 Å². The second-order valence-electron chi connectivity index (χ2n) is 5.36. The van der Waals surface area contributed by atoms with Crippen LogP contribution < -0.4 is 14.8 Å². The number of nitrogens with zero attached hydrogens (tertiary/aromatic N) is 2. The lowest BCUT2D eigenvalue weighted by Crippen LogP contribution is -2.12. The first-order chi connectivity index (χ1) is 11.6. The summed E-state index contributed by atoms with van der Waals surface area (Å²) < 4.78 is 11.1. The van der Waals surface area contributed by atoms with Crippen molar-refractivity contribution < 1.29 is 14.3 Å². The maximum Gasteiger partial charge on any atom is 0.257 e. The highest BCUT2D eigenvalue weighted by Gasteiger charge is 2.13. The molecule has 2 rings (SSSR count). The SMILES string of the molecule is CCCCCCOc1ccc(C(=O)Nc2nnc(C)s2)cc1OC. The van der Waals surface area contributed by atoms with Gasteiger partial charge in [0, 0.05) is 5.56 Å². The molecule has 0 radical (unpaired) electrons. The van der Waals surface area contributed by atoms with Gasteiger partial charge in [-0.2, -0.15) is 0 Å². The molecule has 0 saturated carbocycles. The predicted molar refractivity (Wildman–Crippen MR) is 95.2 cm³/mol. The standard InChI is InChI=1S/C17H23N3O3S/c1-4-5-6-7-10-23-14-9-8-13(11-15(14)22-3)16(21)18-17-20-19-12(2)24-17/h8-9,11H,4-7,10H2,1-3H3,(H,18,20,21). The van der Waals surface area contributed by atoms with Gasteiger partial charge in [-0.3, -0.25) is 10.1 Å². The number of carbonyl (C=O) groups is 1. The molecule has 1 amide bonds. The average Bonchev–Trinajstić information content (AvgIpc) is 2.99. The first-order valence-electron chi connectivity index (χ1n) is 8.06. The molecule has 0 aliphatic heterocycles. The van der Waals surface area contributed by atoms with Crippen molar-refractivity contribution in [3.05, 3.63) is 28.8 Å². The third-order valence-corrected chi connectivity index (χ3v) is 4.18. The molecule has 1 aromatic carbocycles. The van der Waals surface area contributed by atoms with E-state index in [1.807, 2.05) is 6.92 Å². The highest BCUT2D eigenvalue weighted by Crippen LogP contribution is 2.29. The number of anilines is 1. The number of benzene rings is 1. The zero-order chi connectivity index (χ0) is 17.4. The molecular formula is C17H23N3O3S. The van der Waals surface area contributed by atoms with Crippen molar-refractivity contribution in [3.63, 3.8) is 0 Å². The number of methoxy groups -OCH3 is 1. The molecule has 0 spiro atoms. The summed E-state index contributed by atoms with van der Waals surface area (Å²) in [6.45, 7) is 4.66. The van der Waals surface area contributed by atoms with Crippen molar-refractivity contribution in [1.29, 1.82) is 0 Å². The van der Waals surface area contributed by atoms with Gasteiger partial charge < -0.3 is 9.47 Å². The molecule has 24 heavy (non-hydrogen) atoms. The largest absolute Gasteiger partial charge is 0.493 e. The fourth-order valence-electron chi connectivity index (χ4n) is 2.16. The van der Waals surface area contributed by atoms with E-state index in [0.29, 0.717) is 28.8 Å². The summed E-state index contributed by atoms with van der Waals surface area (Å²) in [5, 5.41) is 11.8. The van der Waals surface area contributed by atoms with Gasteiger partial charge in [-0.1, -0.05) is 37.5 Å². The van der Waals surface area contributed by atoms with Crippen molar-refractivity contribution in [1.82, 2.24) is 10.2 Å². The fraction of sp³-hybridized carbons (Fsp3) is 0.471. The lowest BCUT2D eigenvalue weighted by atomic mass is 10.2. The second kappa shape index (κ2) is 9.22. The van der Waals surface area contributed by atoms with E-state index in [2.05, 4.69) is 22.4 Å². The molecule has 0 saturated heterocycles. The van der Waals surface area contributed by atoms with Crippen LogP contribution >= 0.6 is 11.3 Å². The van der Waals surface area contributed by atoms with Crippen LogP contribution in [-0.4, -0.2) is 29.8 Å². The lowest BCUT2D eigenvalue weighted by molar-refractivity contribution is 0.102. The Morgan fingerprint density at radius 1 is 1.21 bits per heavy atom. The summed E-state index contributed by atoms with van der Waals surface area (Å²) in [6.07, 6.45) is 4.57. The average molecular weight is 349 g/mol. The highest BCUT2D eigenvalue weighted by molar-refractivity contribution is 7.15. The van der Waals surface area contributed by atoms with Crippen LogP contribution in [0.5, 0.6) is 11.5 Å². The Kier molecular flexibility index (Phi) is 6.99. The zero-order valence-electron chi connectivity index (χ0n) is 14.3. The summed E-state index contributed by atoms with van der Waals surface area (Å²) in [4.78, 5) is 12.3. The number of aromatic nitrogens is 2. The summed E-state index contributed by atoms with van der Waals surface area (Å²) in [6, 6.07) is 5.15. The minimum absolute atomic E-state index is 0.251. The van der Waals surface area contributed by atoms with E-state index in [0.717, 1.165) is 17.8 Å². The van der Waals surface area contributed by atoms with Crippen molar-refractivity contribution in [2.24, 2.45) is 0 Å². The zero-order valence-corrected chi connectivity index (χ0v) is 15.1. The number of hydrogen-bond donors (Lipinski definition) is 1. The molecule has 1 heterocycles. The van der Waals surface area contributed by atoms with Crippen LogP contribution in [0.1, 0.15) is 48.0 Å². The van der Waals surface area contributed by atoms with Crippen molar-refractivity contribution >= 4 is 22.4 Å². The number of nitrogens with one attached hydrogen (secondary N) is 1. The Bertz CT molecular complexity index is 673. The second-order valence-corrected chi connectivity index (χ2v) is 6.54. The molecule has 0 unspecified atom stereocenters. The number of hydrogen-bond acceptors (Lipinski definition) is 6. The van der Waals surface area contributed by atoms with E-state index in [1.54, 1.807) is 25.3 Å². The van der Waals surface area contributed by atoms with Crippen LogP contribution in [0, 0.1) is 6.92 Å². The molecule has 7 heteroatoms. The van der Waals surface area contributed by atoms with Gasteiger partial charge in [0.2, 0.25) is 5.13 Å². The number of amides is 1. The third-order valence-electron chi connectivity index (χ3n) is 3.43. The normalized spacial score (nSPS) is 10.5. The van der Waals surface area contributed by atoms with Gasteiger partial charge in [0.15, 0.2) is 11.5 Å².